The molecule has 0 saturated heterocycles. The Morgan fingerprint density at radius 2 is 2.06 bits per heavy atom. The lowest BCUT2D eigenvalue weighted by Gasteiger charge is -2.15. The van der Waals surface area contributed by atoms with Crippen LogP contribution in [0.3, 0.4) is 0 Å². The molecule has 16 heavy (non-hydrogen) atoms. The Morgan fingerprint density at radius 3 is 2.62 bits per heavy atom. The van der Waals surface area contributed by atoms with Gasteiger partial charge in [0.25, 0.3) is 0 Å². The minimum absolute atomic E-state index is 0.114. The molecule has 7 heteroatoms. The zero-order valence-corrected chi connectivity index (χ0v) is 8.17. The third kappa shape index (κ3) is 3.34. The van der Waals surface area contributed by atoms with Gasteiger partial charge in [-0.2, -0.15) is 8.78 Å². The molecule has 1 rings (SSSR count). The molecule has 0 radical (unpaired) electrons. The standard InChI is InChI=1S/C9H10F4N2O/c10-8(11)9(12,13)5-16-7-3-1-2-6(4-14)15-7/h1-3,8H,4-5,14H2. The van der Waals surface area contributed by atoms with E-state index in [1.54, 1.807) is 6.07 Å². The van der Waals surface area contributed by atoms with Crippen molar-refractivity contribution in [3.63, 3.8) is 0 Å². The van der Waals surface area contributed by atoms with Gasteiger partial charge in [-0.15, -0.1) is 0 Å². The first-order valence-corrected chi connectivity index (χ1v) is 4.40. The molecule has 0 aromatic carbocycles. The first-order valence-electron chi connectivity index (χ1n) is 4.40. The monoisotopic (exact) mass is 238 g/mol. The van der Waals surface area contributed by atoms with Crippen LogP contribution in [0, 0.1) is 0 Å². The molecule has 0 aliphatic rings. The molecule has 0 saturated carbocycles. The summed E-state index contributed by atoms with van der Waals surface area (Å²) in [4.78, 5) is 3.73. The summed E-state index contributed by atoms with van der Waals surface area (Å²) < 4.78 is 53.0. The molecule has 0 atom stereocenters. The summed E-state index contributed by atoms with van der Waals surface area (Å²) in [6.45, 7) is -1.30. The molecule has 1 aromatic heterocycles. The SMILES string of the molecule is NCc1cccc(OCC(F)(F)C(F)F)n1. The van der Waals surface area contributed by atoms with Crippen LogP contribution >= 0.6 is 0 Å². The second kappa shape index (κ2) is 5.11. The molecule has 2 N–H and O–H groups in total. The van der Waals surface area contributed by atoms with Crippen molar-refractivity contribution in [2.45, 2.75) is 18.9 Å². The average molecular weight is 238 g/mol. The molecule has 0 aliphatic carbocycles. The number of nitrogens with two attached hydrogens (primary N) is 1. The van der Waals surface area contributed by atoms with Crippen molar-refractivity contribution in [1.29, 1.82) is 0 Å². The van der Waals surface area contributed by atoms with Crippen LogP contribution in [-0.2, 0) is 6.54 Å². The Hall–Kier alpha value is -1.37. The molecular formula is C9H10F4N2O. The van der Waals surface area contributed by atoms with E-state index in [0.717, 1.165) is 0 Å². The number of aromatic nitrogens is 1. The highest BCUT2D eigenvalue weighted by molar-refractivity contribution is 5.15. The lowest BCUT2D eigenvalue weighted by molar-refractivity contribution is -0.148. The fourth-order valence-electron chi connectivity index (χ4n) is 0.885. The highest BCUT2D eigenvalue weighted by Crippen LogP contribution is 2.23. The fourth-order valence-corrected chi connectivity index (χ4v) is 0.885. The largest absolute Gasteiger partial charge is 0.471 e. The van der Waals surface area contributed by atoms with Gasteiger partial charge in [-0.05, 0) is 6.07 Å². The van der Waals surface area contributed by atoms with Crippen LogP contribution in [0.25, 0.3) is 0 Å². The second-order valence-electron chi connectivity index (χ2n) is 3.02. The lowest BCUT2D eigenvalue weighted by atomic mass is 10.3. The molecule has 3 nitrogen and oxygen atoms in total. The second-order valence-corrected chi connectivity index (χ2v) is 3.02. The Morgan fingerprint density at radius 1 is 1.38 bits per heavy atom. The van der Waals surface area contributed by atoms with Crippen LogP contribution in [0.5, 0.6) is 5.88 Å². The molecule has 90 valence electrons. The van der Waals surface area contributed by atoms with Crippen LogP contribution in [-0.4, -0.2) is 23.9 Å². The van der Waals surface area contributed by atoms with E-state index in [2.05, 4.69) is 9.72 Å². The van der Waals surface area contributed by atoms with Crippen LogP contribution in [0.4, 0.5) is 17.6 Å². The van der Waals surface area contributed by atoms with Crippen molar-refractivity contribution in [1.82, 2.24) is 4.98 Å². The van der Waals surface area contributed by atoms with Gasteiger partial charge in [0.15, 0.2) is 6.61 Å². The maximum Gasteiger partial charge on any atom is 0.340 e. The van der Waals surface area contributed by atoms with E-state index < -0.39 is 19.0 Å². The average Bonchev–Trinajstić information content (AvgIpc) is 2.26. The number of rotatable bonds is 5. The number of hydrogen-bond donors (Lipinski definition) is 1. The van der Waals surface area contributed by atoms with E-state index >= 15 is 0 Å². The summed E-state index contributed by atoms with van der Waals surface area (Å²) in [6.07, 6.45) is -3.76. The van der Waals surface area contributed by atoms with E-state index in [1.165, 1.54) is 12.1 Å². The third-order valence-corrected chi connectivity index (χ3v) is 1.72. The highest BCUT2D eigenvalue weighted by atomic mass is 19.3. The zero-order valence-electron chi connectivity index (χ0n) is 8.17. The van der Waals surface area contributed by atoms with Crippen molar-refractivity contribution in [2.24, 2.45) is 5.73 Å². The smallest absolute Gasteiger partial charge is 0.340 e. The molecule has 0 fully saturated rings. The molecule has 1 aromatic rings. The molecular weight excluding hydrogens is 228 g/mol. The van der Waals surface area contributed by atoms with Gasteiger partial charge >= 0.3 is 12.3 Å². The van der Waals surface area contributed by atoms with Crippen LogP contribution in [0.1, 0.15) is 5.69 Å². The Balaban J connectivity index is 2.60. The van der Waals surface area contributed by atoms with Gasteiger partial charge in [0.1, 0.15) is 0 Å². The summed E-state index contributed by atoms with van der Waals surface area (Å²) in [5.41, 5.74) is 5.69. The van der Waals surface area contributed by atoms with Gasteiger partial charge in [-0.25, -0.2) is 13.8 Å². The normalized spacial score (nSPS) is 11.9. The summed E-state index contributed by atoms with van der Waals surface area (Å²) in [6, 6.07) is 4.35. The summed E-state index contributed by atoms with van der Waals surface area (Å²) in [5, 5.41) is 0. The number of ether oxygens (including phenoxy) is 1. The Kier molecular flexibility index (Phi) is 4.05. The maximum atomic E-state index is 12.5. The zero-order chi connectivity index (χ0) is 12.2. The van der Waals surface area contributed by atoms with Crippen molar-refractivity contribution in [3.05, 3.63) is 23.9 Å². The first-order chi connectivity index (χ1) is 7.45. The van der Waals surface area contributed by atoms with Gasteiger partial charge < -0.3 is 10.5 Å². The van der Waals surface area contributed by atoms with E-state index in [0.29, 0.717) is 5.69 Å². The van der Waals surface area contributed by atoms with Gasteiger partial charge in [0.2, 0.25) is 5.88 Å². The van der Waals surface area contributed by atoms with E-state index in [-0.39, 0.29) is 12.4 Å². The van der Waals surface area contributed by atoms with Crippen molar-refractivity contribution >= 4 is 0 Å². The number of alkyl halides is 4. The van der Waals surface area contributed by atoms with E-state index in [9.17, 15) is 17.6 Å². The van der Waals surface area contributed by atoms with Gasteiger partial charge in [0, 0.05) is 12.6 Å². The van der Waals surface area contributed by atoms with Crippen molar-refractivity contribution in [3.8, 4) is 5.88 Å². The molecule has 1 heterocycles. The predicted molar refractivity (Wildman–Crippen MR) is 48.6 cm³/mol. The minimum Gasteiger partial charge on any atom is -0.471 e. The molecule has 0 aliphatic heterocycles. The summed E-state index contributed by atoms with van der Waals surface area (Å²) in [5.74, 6) is -4.33. The number of hydrogen-bond acceptors (Lipinski definition) is 3. The topological polar surface area (TPSA) is 48.1 Å². The number of nitrogens with zero attached hydrogens (tertiary/aromatic N) is 1. The quantitative estimate of drug-likeness (QED) is 0.796. The molecule has 0 spiro atoms. The molecule has 0 amide bonds. The predicted octanol–water partition coefficient (Wildman–Crippen LogP) is 1.82. The van der Waals surface area contributed by atoms with Crippen molar-refractivity contribution in [2.75, 3.05) is 6.61 Å². The van der Waals surface area contributed by atoms with Crippen LogP contribution in [0.15, 0.2) is 18.2 Å². The summed E-state index contributed by atoms with van der Waals surface area (Å²) >= 11 is 0. The summed E-state index contributed by atoms with van der Waals surface area (Å²) in [7, 11) is 0. The van der Waals surface area contributed by atoms with Gasteiger partial charge in [0.05, 0.1) is 5.69 Å². The third-order valence-electron chi connectivity index (χ3n) is 1.72. The molecule has 0 unspecified atom stereocenters. The fraction of sp³-hybridized carbons (Fsp3) is 0.444. The van der Waals surface area contributed by atoms with Crippen LogP contribution < -0.4 is 10.5 Å². The van der Waals surface area contributed by atoms with E-state index in [1.807, 2.05) is 0 Å². The van der Waals surface area contributed by atoms with Crippen LogP contribution in [0.2, 0.25) is 0 Å². The van der Waals surface area contributed by atoms with Gasteiger partial charge in [-0.1, -0.05) is 6.07 Å². The van der Waals surface area contributed by atoms with Gasteiger partial charge in [-0.3, -0.25) is 0 Å². The number of pyridine rings is 1. The Bertz CT molecular complexity index is 346. The Labute approximate surface area is 89.2 Å². The first kappa shape index (κ1) is 12.7. The molecule has 0 bridgehead atoms. The van der Waals surface area contributed by atoms with E-state index in [4.69, 9.17) is 5.73 Å². The highest BCUT2D eigenvalue weighted by Gasteiger charge is 2.41. The number of halogens is 4. The lowest BCUT2D eigenvalue weighted by Crippen LogP contribution is -2.33. The van der Waals surface area contributed by atoms with Crippen molar-refractivity contribution < 1.29 is 22.3 Å². The minimum atomic E-state index is -4.18. The maximum absolute atomic E-state index is 12.5.